The molecule has 0 aliphatic heterocycles. The Hall–Kier alpha value is -2.04. The summed E-state index contributed by atoms with van der Waals surface area (Å²) in [6.07, 6.45) is 0.545. The van der Waals surface area contributed by atoms with Gasteiger partial charge in [0.2, 0.25) is 0 Å². The number of anilines is 1. The van der Waals surface area contributed by atoms with Crippen LogP contribution < -0.4 is 11.1 Å². The third kappa shape index (κ3) is 3.97. The quantitative estimate of drug-likeness (QED) is 0.742. The van der Waals surface area contributed by atoms with Crippen molar-refractivity contribution in [2.24, 2.45) is 0 Å². The van der Waals surface area contributed by atoms with E-state index in [0.29, 0.717) is 17.0 Å². The monoisotopic (exact) mass is 304 g/mol. The molecule has 0 unspecified atom stereocenters. The zero-order valence-electron chi connectivity index (χ0n) is 11.4. The largest absolute Gasteiger partial charge is 0.397 e. The van der Waals surface area contributed by atoms with Crippen LogP contribution in [-0.4, -0.2) is 23.7 Å². The lowest BCUT2D eigenvalue weighted by atomic mass is 10.1. The van der Waals surface area contributed by atoms with Crippen LogP contribution in [0.4, 0.5) is 5.69 Å². The summed E-state index contributed by atoms with van der Waals surface area (Å²) in [4.78, 5) is 12.2. The number of nitrogens with two attached hydrogens (primary N) is 1. The Morgan fingerprint density at radius 2 is 1.90 bits per heavy atom. The van der Waals surface area contributed by atoms with Gasteiger partial charge in [0.25, 0.3) is 5.91 Å². The van der Waals surface area contributed by atoms with Crippen LogP contribution in [0.15, 0.2) is 48.5 Å². The fourth-order valence-corrected chi connectivity index (χ4v) is 2.23. The average molecular weight is 305 g/mol. The molecular weight excluding hydrogens is 288 g/mol. The molecule has 0 heterocycles. The molecule has 21 heavy (non-hydrogen) atoms. The number of aliphatic hydroxyl groups excluding tert-OH is 1. The number of carbonyl (C=O) groups excluding carboxylic acids is 1. The van der Waals surface area contributed by atoms with Gasteiger partial charge in [-0.2, -0.15) is 0 Å². The van der Waals surface area contributed by atoms with Gasteiger partial charge in [-0.15, -0.1) is 0 Å². The minimum absolute atomic E-state index is 0.152. The fourth-order valence-electron chi connectivity index (χ4n) is 2.06. The van der Waals surface area contributed by atoms with E-state index in [-0.39, 0.29) is 24.2 Å². The molecule has 4 nitrogen and oxygen atoms in total. The van der Waals surface area contributed by atoms with E-state index in [0.717, 1.165) is 5.56 Å². The highest BCUT2D eigenvalue weighted by Crippen LogP contribution is 2.22. The van der Waals surface area contributed by atoms with E-state index in [1.807, 2.05) is 30.3 Å². The molecule has 0 spiro atoms. The van der Waals surface area contributed by atoms with Gasteiger partial charge in [0.05, 0.1) is 28.9 Å². The molecule has 0 fully saturated rings. The van der Waals surface area contributed by atoms with Gasteiger partial charge in [-0.05, 0) is 24.1 Å². The van der Waals surface area contributed by atoms with Crippen molar-refractivity contribution in [3.8, 4) is 0 Å². The third-order valence-corrected chi connectivity index (χ3v) is 3.51. The van der Waals surface area contributed by atoms with E-state index < -0.39 is 0 Å². The second kappa shape index (κ2) is 7.11. The molecule has 2 aromatic carbocycles. The normalized spacial score (nSPS) is 11.9. The maximum absolute atomic E-state index is 12.2. The van der Waals surface area contributed by atoms with E-state index in [4.69, 9.17) is 17.3 Å². The zero-order valence-corrected chi connectivity index (χ0v) is 12.2. The molecule has 0 aliphatic rings. The summed E-state index contributed by atoms with van der Waals surface area (Å²) in [5.74, 6) is -0.343. The van der Waals surface area contributed by atoms with Gasteiger partial charge in [-0.25, -0.2) is 0 Å². The van der Waals surface area contributed by atoms with Crippen LogP contribution in [0.25, 0.3) is 0 Å². The molecule has 0 aliphatic carbocycles. The van der Waals surface area contributed by atoms with Crippen LogP contribution >= 0.6 is 11.6 Å². The minimum atomic E-state index is -0.377. The summed E-state index contributed by atoms with van der Waals surface area (Å²) in [5, 5.41) is 12.5. The highest BCUT2D eigenvalue weighted by molar-refractivity contribution is 6.33. The van der Waals surface area contributed by atoms with Gasteiger partial charge in [0.1, 0.15) is 0 Å². The van der Waals surface area contributed by atoms with Gasteiger partial charge in [-0.3, -0.25) is 4.79 Å². The number of amides is 1. The topological polar surface area (TPSA) is 75.4 Å². The van der Waals surface area contributed by atoms with Crippen molar-refractivity contribution in [2.45, 2.75) is 12.5 Å². The van der Waals surface area contributed by atoms with E-state index in [1.165, 1.54) is 0 Å². The highest BCUT2D eigenvalue weighted by Gasteiger charge is 2.16. The molecule has 5 heteroatoms. The molecule has 2 rings (SSSR count). The predicted octanol–water partition coefficient (Wildman–Crippen LogP) is 2.26. The number of halogens is 1. The zero-order chi connectivity index (χ0) is 15.2. The first-order valence-corrected chi connectivity index (χ1v) is 6.99. The van der Waals surface area contributed by atoms with Crippen molar-refractivity contribution in [1.29, 1.82) is 0 Å². The number of rotatable bonds is 5. The summed E-state index contributed by atoms with van der Waals surface area (Å²) < 4.78 is 0. The van der Waals surface area contributed by atoms with Gasteiger partial charge in [0, 0.05) is 0 Å². The van der Waals surface area contributed by atoms with E-state index in [1.54, 1.807) is 18.2 Å². The summed E-state index contributed by atoms with van der Waals surface area (Å²) in [7, 11) is 0. The summed E-state index contributed by atoms with van der Waals surface area (Å²) in [6, 6.07) is 14.2. The average Bonchev–Trinajstić information content (AvgIpc) is 2.50. The van der Waals surface area contributed by atoms with Gasteiger partial charge in [-0.1, -0.05) is 48.0 Å². The Morgan fingerprint density at radius 3 is 2.57 bits per heavy atom. The molecule has 0 bridgehead atoms. The van der Waals surface area contributed by atoms with Crippen molar-refractivity contribution in [3.05, 3.63) is 64.7 Å². The predicted molar refractivity (Wildman–Crippen MR) is 84.4 cm³/mol. The number of nitrogen functional groups attached to an aromatic ring is 1. The Morgan fingerprint density at radius 1 is 1.19 bits per heavy atom. The minimum Gasteiger partial charge on any atom is -0.397 e. The number of nitrogens with one attached hydrogen (secondary N) is 1. The number of aliphatic hydroxyl groups is 1. The maximum atomic E-state index is 12.2. The van der Waals surface area contributed by atoms with Crippen molar-refractivity contribution in [3.63, 3.8) is 0 Å². The number of carbonyl (C=O) groups is 1. The smallest absolute Gasteiger partial charge is 0.253 e. The number of hydrogen-bond donors (Lipinski definition) is 3. The lowest BCUT2D eigenvalue weighted by Crippen LogP contribution is -2.39. The van der Waals surface area contributed by atoms with E-state index >= 15 is 0 Å². The van der Waals surface area contributed by atoms with Gasteiger partial charge in [0.15, 0.2) is 0 Å². The highest BCUT2D eigenvalue weighted by atomic mass is 35.5. The van der Waals surface area contributed by atoms with Crippen molar-refractivity contribution in [1.82, 2.24) is 5.32 Å². The van der Waals surface area contributed by atoms with Crippen LogP contribution in [0.3, 0.4) is 0 Å². The van der Waals surface area contributed by atoms with Gasteiger partial charge >= 0.3 is 0 Å². The lowest BCUT2D eigenvalue weighted by molar-refractivity contribution is 0.0917. The molecule has 4 N–H and O–H groups in total. The van der Waals surface area contributed by atoms with Crippen LogP contribution in [0.1, 0.15) is 15.9 Å². The molecule has 0 saturated carbocycles. The first-order valence-electron chi connectivity index (χ1n) is 6.61. The van der Waals surface area contributed by atoms with Crippen molar-refractivity contribution in [2.75, 3.05) is 12.3 Å². The first kappa shape index (κ1) is 15.4. The van der Waals surface area contributed by atoms with Crippen LogP contribution in [0.2, 0.25) is 5.02 Å². The molecule has 1 amide bonds. The van der Waals surface area contributed by atoms with Gasteiger partial charge < -0.3 is 16.2 Å². The van der Waals surface area contributed by atoms with Crippen LogP contribution in [-0.2, 0) is 6.42 Å². The second-order valence-corrected chi connectivity index (χ2v) is 5.15. The standard InChI is InChI=1S/C16H17ClN2O2/c17-14-8-4-7-13(15(14)18)16(21)19-12(10-20)9-11-5-2-1-3-6-11/h1-8,12,20H,9-10,18H2,(H,19,21)/t12-/m0/s1. The number of hydrogen-bond acceptors (Lipinski definition) is 3. The van der Waals surface area contributed by atoms with E-state index in [9.17, 15) is 9.90 Å². The van der Waals surface area contributed by atoms with Crippen molar-refractivity contribution >= 4 is 23.2 Å². The van der Waals surface area contributed by atoms with Crippen LogP contribution in [0, 0.1) is 0 Å². The molecule has 2 aromatic rings. The van der Waals surface area contributed by atoms with E-state index in [2.05, 4.69) is 5.32 Å². The number of benzene rings is 2. The number of para-hydroxylation sites is 1. The SMILES string of the molecule is Nc1c(Cl)cccc1C(=O)N[C@H](CO)Cc1ccccc1. The molecular formula is C16H17ClN2O2. The molecule has 0 saturated heterocycles. The molecule has 0 radical (unpaired) electrons. The maximum Gasteiger partial charge on any atom is 0.253 e. The summed E-state index contributed by atoms with van der Waals surface area (Å²) in [6.45, 7) is -0.152. The molecule has 110 valence electrons. The Balaban J connectivity index is 2.08. The Kier molecular flexibility index (Phi) is 5.20. The third-order valence-electron chi connectivity index (χ3n) is 3.18. The second-order valence-electron chi connectivity index (χ2n) is 4.74. The Labute approximate surface area is 128 Å². The Bertz CT molecular complexity index is 617. The fraction of sp³-hybridized carbons (Fsp3) is 0.188. The lowest BCUT2D eigenvalue weighted by Gasteiger charge is -2.17. The first-order chi connectivity index (χ1) is 10.1. The molecule has 0 aromatic heterocycles. The van der Waals surface area contributed by atoms with Crippen LogP contribution in [0.5, 0.6) is 0 Å². The van der Waals surface area contributed by atoms with Crippen molar-refractivity contribution < 1.29 is 9.90 Å². The molecule has 1 atom stereocenters. The summed E-state index contributed by atoms with van der Waals surface area (Å²) in [5.41, 5.74) is 7.39. The summed E-state index contributed by atoms with van der Waals surface area (Å²) >= 11 is 5.90.